The van der Waals surface area contributed by atoms with E-state index in [0.717, 1.165) is 0 Å². The number of nitrogens with one attached hydrogen (secondary N) is 1. The van der Waals surface area contributed by atoms with Crippen molar-refractivity contribution in [3.63, 3.8) is 0 Å². The maximum absolute atomic E-state index is 13.7. The van der Waals surface area contributed by atoms with E-state index in [-0.39, 0.29) is 18.3 Å². The Morgan fingerprint density at radius 3 is 2.36 bits per heavy atom. The first kappa shape index (κ1) is 24.8. The van der Waals surface area contributed by atoms with Gasteiger partial charge in [-0.2, -0.15) is 0 Å². The first-order valence-electron chi connectivity index (χ1n) is 10.6. The number of hydrogen-bond acceptors (Lipinski definition) is 8. The van der Waals surface area contributed by atoms with Crippen molar-refractivity contribution in [3.05, 3.63) is 44.7 Å². The summed E-state index contributed by atoms with van der Waals surface area (Å²) >= 11 is 3.57. The van der Waals surface area contributed by atoms with Gasteiger partial charge in [0, 0.05) is 27.4 Å². The van der Waals surface area contributed by atoms with Gasteiger partial charge in [-0.25, -0.2) is 4.79 Å². The number of ketones is 1. The highest BCUT2D eigenvalue weighted by molar-refractivity contribution is 9.10. The summed E-state index contributed by atoms with van der Waals surface area (Å²) in [5.41, 5.74) is 2.55. The summed E-state index contributed by atoms with van der Waals surface area (Å²) < 4.78 is 21.8. The molecule has 0 saturated carbocycles. The SMILES string of the molecule is CCOC(=O)C1=C(C)NC2=C(C(=O)[C@@H](C(=O)OC)[C@@H](C)C2)[C@H]1c1cc(OC)c(OC)cc1Br. The highest BCUT2D eigenvalue weighted by atomic mass is 79.9. The zero-order valence-electron chi connectivity index (χ0n) is 19.5. The van der Waals surface area contributed by atoms with Gasteiger partial charge in [0.1, 0.15) is 5.92 Å². The molecule has 3 atom stereocenters. The Bertz CT molecular complexity index is 1060. The Morgan fingerprint density at radius 1 is 1.15 bits per heavy atom. The molecule has 0 aromatic heterocycles. The molecule has 0 radical (unpaired) electrons. The fourth-order valence-electron chi connectivity index (χ4n) is 4.56. The van der Waals surface area contributed by atoms with E-state index in [2.05, 4.69) is 21.2 Å². The monoisotopic (exact) mass is 521 g/mol. The molecule has 1 heterocycles. The Hall–Kier alpha value is -2.81. The molecule has 1 N–H and O–H groups in total. The second-order valence-corrected chi connectivity index (χ2v) is 8.84. The highest BCUT2D eigenvalue weighted by Crippen LogP contribution is 2.49. The van der Waals surface area contributed by atoms with Crippen molar-refractivity contribution in [2.75, 3.05) is 27.9 Å². The lowest BCUT2D eigenvalue weighted by atomic mass is 9.69. The van der Waals surface area contributed by atoms with Crippen molar-refractivity contribution in [2.45, 2.75) is 33.1 Å². The average Bonchev–Trinajstić information content (AvgIpc) is 2.77. The predicted octanol–water partition coefficient (Wildman–Crippen LogP) is 3.64. The Balaban J connectivity index is 2.28. The zero-order chi connectivity index (χ0) is 24.4. The fourth-order valence-corrected chi connectivity index (χ4v) is 5.11. The van der Waals surface area contributed by atoms with Gasteiger partial charge < -0.3 is 24.3 Å². The van der Waals surface area contributed by atoms with Crippen molar-refractivity contribution in [1.82, 2.24) is 5.32 Å². The molecule has 1 aliphatic carbocycles. The van der Waals surface area contributed by atoms with E-state index < -0.39 is 23.8 Å². The van der Waals surface area contributed by atoms with Crippen LogP contribution in [0.15, 0.2) is 39.1 Å². The van der Waals surface area contributed by atoms with Crippen LogP contribution in [0.5, 0.6) is 11.5 Å². The summed E-state index contributed by atoms with van der Waals surface area (Å²) in [7, 11) is 4.30. The molecule has 0 bridgehead atoms. The van der Waals surface area contributed by atoms with Crippen molar-refractivity contribution in [2.24, 2.45) is 11.8 Å². The minimum absolute atomic E-state index is 0.178. The van der Waals surface area contributed by atoms with Crippen molar-refractivity contribution < 1.29 is 33.3 Å². The third-order valence-electron chi connectivity index (χ3n) is 6.05. The number of hydrogen-bond donors (Lipinski definition) is 1. The summed E-state index contributed by atoms with van der Waals surface area (Å²) in [5, 5.41) is 3.23. The second kappa shape index (κ2) is 9.99. The highest BCUT2D eigenvalue weighted by Gasteiger charge is 2.47. The van der Waals surface area contributed by atoms with Crippen LogP contribution in [0.4, 0.5) is 0 Å². The van der Waals surface area contributed by atoms with E-state index in [9.17, 15) is 14.4 Å². The first-order chi connectivity index (χ1) is 15.7. The van der Waals surface area contributed by atoms with Crippen molar-refractivity contribution in [1.29, 1.82) is 0 Å². The summed E-state index contributed by atoms with van der Waals surface area (Å²) in [4.78, 5) is 39.3. The summed E-state index contributed by atoms with van der Waals surface area (Å²) in [6.07, 6.45) is 0.454. The van der Waals surface area contributed by atoms with Crippen LogP contribution in [0, 0.1) is 11.8 Å². The van der Waals surface area contributed by atoms with E-state index >= 15 is 0 Å². The largest absolute Gasteiger partial charge is 0.493 e. The smallest absolute Gasteiger partial charge is 0.336 e. The summed E-state index contributed by atoms with van der Waals surface area (Å²) in [5.74, 6) is -2.56. The lowest BCUT2D eigenvalue weighted by molar-refractivity contribution is -0.151. The Labute approximate surface area is 201 Å². The lowest BCUT2D eigenvalue weighted by Crippen LogP contribution is -2.43. The molecule has 3 rings (SSSR count). The van der Waals surface area contributed by atoms with Gasteiger partial charge in [-0.15, -0.1) is 0 Å². The molecule has 0 amide bonds. The van der Waals surface area contributed by atoms with Crippen LogP contribution >= 0.6 is 15.9 Å². The first-order valence-corrected chi connectivity index (χ1v) is 11.4. The van der Waals surface area contributed by atoms with E-state index in [1.807, 2.05) is 6.92 Å². The Kier molecular flexibility index (Phi) is 7.51. The van der Waals surface area contributed by atoms with Crippen LogP contribution in [0.2, 0.25) is 0 Å². The minimum Gasteiger partial charge on any atom is -0.493 e. The molecular formula is C24H28BrNO7. The standard InChI is InChI=1S/C24H28BrNO7/c1-7-33-24(29)19-12(3)26-15-8-11(2)18(23(28)32-6)22(27)21(15)20(19)13-9-16(30-4)17(31-5)10-14(13)25/h9-11,18,20,26H,7-8H2,1-6H3/t11-,18-,20-/m0/s1. The fraction of sp³-hybridized carbons (Fsp3) is 0.458. The molecule has 178 valence electrons. The van der Waals surface area contributed by atoms with E-state index in [4.69, 9.17) is 18.9 Å². The third-order valence-corrected chi connectivity index (χ3v) is 6.74. The van der Waals surface area contributed by atoms with E-state index in [0.29, 0.717) is 50.5 Å². The maximum Gasteiger partial charge on any atom is 0.336 e. The number of esters is 2. The number of carbonyl (C=O) groups is 3. The van der Waals surface area contributed by atoms with Crippen LogP contribution in [-0.4, -0.2) is 45.7 Å². The van der Waals surface area contributed by atoms with Gasteiger partial charge in [-0.05, 0) is 43.9 Å². The van der Waals surface area contributed by atoms with Crippen LogP contribution in [-0.2, 0) is 23.9 Å². The average molecular weight is 522 g/mol. The molecule has 1 aromatic carbocycles. The quantitative estimate of drug-likeness (QED) is 0.447. The van der Waals surface area contributed by atoms with Gasteiger partial charge >= 0.3 is 11.9 Å². The summed E-state index contributed by atoms with van der Waals surface area (Å²) in [6.45, 7) is 5.51. The van der Waals surface area contributed by atoms with Gasteiger partial charge in [-0.3, -0.25) is 9.59 Å². The van der Waals surface area contributed by atoms with Crippen LogP contribution < -0.4 is 14.8 Å². The molecule has 2 aliphatic rings. The van der Waals surface area contributed by atoms with Crippen molar-refractivity contribution in [3.8, 4) is 11.5 Å². The molecule has 0 fully saturated rings. The van der Waals surface area contributed by atoms with Crippen LogP contribution in [0.1, 0.15) is 38.7 Å². The molecule has 0 spiro atoms. The molecule has 0 saturated heterocycles. The number of benzene rings is 1. The number of ether oxygens (including phenoxy) is 4. The second-order valence-electron chi connectivity index (χ2n) is 7.98. The number of methoxy groups -OCH3 is 3. The molecule has 9 heteroatoms. The van der Waals surface area contributed by atoms with E-state index in [1.165, 1.54) is 21.3 Å². The molecular weight excluding hydrogens is 494 g/mol. The van der Waals surface area contributed by atoms with Gasteiger partial charge in [0.2, 0.25) is 0 Å². The van der Waals surface area contributed by atoms with Crippen LogP contribution in [0.3, 0.4) is 0 Å². The maximum atomic E-state index is 13.7. The van der Waals surface area contributed by atoms with Gasteiger partial charge in [-0.1, -0.05) is 22.9 Å². The number of carbonyl (C=O) groups excluding carboxylic acids is 3. The van der Waals surface area contributed by atoms with E-state index in [1.54, 1.807) is 26.0 Å². The third kappa shape index (κ3) is 4.38. The number of rotatable bonds is 6. The van der Waals surface area contributed by atoms with Crippen molar-refractivity contribution >= 4 is 33.7 Å². The molecule has 1 aromatic rings. The molecule has 33 heavy (non-hydrogen) atoms. The molecule has 1 aliphatic heterocycles. The van der Waals surface area contributed by atoms with Gasteiger partial charge in [0.05, 0.1) is 33.5 Å². The Morgan fingerprint density at radius 2 is 1.79 bits per heavy atom. The number of dihydropyridines is 1. The van der Waals surface area contributed by atoms with Gasteiger partial charge in [0.25, 0.3) is 0 Å². The zero-order valence-corrected chi connectivity index (χ0v) is 21.1. The number of allylic oxidation sites excluding steroid dienone is 3. The molecule has 0 unspecified atom stereocenters. The normalized spacial score (nSPS) is 22.4. The number of halogens is 1. The summed E-state index contributed by atoms with van der Waals surface area (Å²) in [6, 6.07) is 3.46. The van der Waals surface area contributed by atoms with Crippen LogP contribution in [0.25, 0.3) is 0 Å². The lowest BCUT2D eigenvalue weighted by Gasteiger charge is -2.38. The number of Topliss-reactive ketones (excluding diaryl/α,β-unsaturated/α-hetero) is 1. The minimum atomic E-state index is -0.959. The molecule has 8 nitrogen and oxygen atoms in total. The predicted molar refractivity (Wildman–Crippen MR) is 124 cm³/mol. The van der Waals surface area contributed by atoms with Gasteiger partial charge in [0.15, 0.2) is 17.3 Å². The topological polar surface area (TPSA) is 100 Å².